The third-order valence-electron chi connectivity index (χ3n) is 3.26. The molecule has 6 heteroatoms. The van der Waals surface area contributed by atoms with Crippen LogP contribution in [0, 0.1) is 0 Å². The number of rotatable bonds is 4. The number of benzene rings is 1. The molecule has 0 saturated carbocycles. The zero-order valence-electron chi connectivity index (χ0n) is 13.4. The van der Waals surface area contributed by atoms with Crippen LogP contribution in [-0.2, 0) is 23.0 Å². The highest BCUT2D eigenvalue weighted by atomic mass is 35.5. The van der Waals surface area contributed by atoms with Crippen molar-refractivity contribution in [3.8, 4) is 0 Å². The minimum atomic E-state index is -0.456. The summed E-state index contributed by atoms with van der Waals surface area (Å²) in [6.07, 6.45) is 3.59. The van der Waals surface area contributed by atoms with Crippen LogP contribution in [0.5, 0.6) is 0 Å². The normalized spacial score (nSPS) is 11.9. The first-order valence-electron chi connectivity index (χ1n) is 7.29. The molecule has 2 N–H and O–H groups in total. The van der Waals surface area contributed by atoms with Crippen molar-refractivity contribution < 1.29 is 9.53 Å². The SMILES string of the molecule is Cn1cc2c(CCCC(=O)OC(C)(C)C)c(N)c(Cl)cc2n1. The number of esters is 1. The quantitative estimate of drug-likeness (QED) is 0.691. The number of nitrogen functional groups attached to an aromatic ring is 1. The van der Waals surface area contributed by atoms with Crippen molar-refractivity contribution in [3.63, 3.8) is 0 Å². The van der Waals surface area contributed by atoms with E-state index in [1.165, 1.54) is 0 Å². The van der Waals surface area contributed by atoms with Gasteiger partial charge in [0.2, 0.25) is 0 Å². The Labute approximate surface area is 135 Å². The molecule has 0 atom stereocenters. The van der Waals surface area contributed by atoms with Crippen molar-refractivity contribution >= 4 is 34.2 Å². The minimum absolute atomic E-state index is 0.199. The lowest BCUT2D eigenvalue weighted by atomic mass is 10.0. The van der Waals surface area contributed by atoms with E-state index in [4.69, 9.17) is 22.1 Å². The number of hydrogen-bond donors (Lipinski definition) is 1. The number of fused-ring (bicyclic) bond motifs is 1. The number of hydrogen-bond acceptors (Lipinski definition) is 4. The van der Waals surface area contributed by atoms with Gasteiger partial charge in [0.05, 0.1) is 16.2 Å². The second-order valence-electron chi connectivity index (χ2n) is 6.43. The molecule has 22 heavy (non-hydrogen) atoms. The van der Waals surface area contributed by atoms with Crippen LogP contribution in [-0.4, -0.2) is 21.4 Å². The van der Waals surface area contributed by atoms with E-state index in [9.17, 15) is 4.79 Å². The number of nitrogens with zero attached hydrogens (tertiary/aromatic N) is 2. The van der Waals surface area contributed by atoms with Gasteiger partial charge in [0.25, 0.3) is 0 Å². The van der Waals surface area contributed by atoms with Gasteiger partial charge in [-0.05, 0) is 45.2 Å². The third-order valence-corrected chi connectivity index (χ3v) is 3.57. The first-order valence-corrected chi connectivity index (χ1v) is 7.67. The van der Waals surface area contributed by atoms with Crippen LogP contribution in [0.4, 0.5) is 5.69 Å². The highest BCUT2D eigenvalue weighted by molar-refractivity contribution is 6.34. The molecule has 2 aromatic rings. The molecule has 120 valence electrons. The van der Waals surface area contributed by atoms with Crippen LogP contribution in [0.2, 0.25) is 5.02 Å². The van der Waals surface area contributed by atoms with Crippen LogP contribution in [0.3, 0.4) is 0 Å². The Kier molecular flexibility index (Phi) is 4.66. The summed E-state index contributed by atoms with van der Waals surface area (Å²) < 4.78 is 7.04. The lowest BCUT2D eigenvalue weighted by Crippen LogP contribution is -2.23. The van der Waals surface area contributed by atoms with Crippen molar-refractivity contribution in [2.24, 2.45) is 7.05 Å². The van der Waals surface area contributed by atoms with Gasteiger partial charge in [0.1, 0.15) is 5.60 Å². The zero-order valence-corrected chi connectivity index (χ0v) is 14.2. The van der Waals surface area contributed by atoms with E-state index >= 15 is 0 Å². The summed E-state index contributed by atoms with van der Waals surface area (Å²) in [6, 6.07) is 1.77. The highest BCUT2D eigenvalue weighted by Gasteiger charge is 2.17. The van der Waals surface area contributed by atoms with Crippen molar-refractivity contribution in [1.29, 1.82) is 0 Å². The number of nitrogens with two attached hydrogens (primary N) is 1. The van der Waals surface area contributed by atoms with Gasteiger partial charge in [-0.15, -0.1) is 0 Å². The average Bonchev–Trinajstić information content (AvgIpc) is 2.72. The summed E-state index contributed by atoms with van der Waals surface area (Å²) in [5.74, 6) is -0.199. The van der Waals surface area contributed by atoms with Crippen LogP contribution in [0.15, 0.2) is 12.3 Å². The fourth-order valence-corrected chi connectivity index (χ4v) is 2.62. The largest absolute Gasteiger partial charge is 0.460 e. The second-order valence-corrected chi connectivity index (χ2v) is 6.83. The molecule has 0 aliphatic carbocycles. The Hall–Kier alpha value is -1.75. The van der Waals surface area contributed by atoms with E-state index in [1.54, 1.807) is 10.7 Å². The molecule has 1 aromatic carbocycles. The fraction of sp³-hybridized carbons (Fsp3) is 0.500. The van der Waals surface area contributed by atoms with E-state index in [1.807, 2.05) is 34.0 Å². The molecule has 0 aliphatic rings. The van der Waals surface area contributed by atoms with E-state index in [0.29, 0.717) is 30.0 Å². The van der Waals surface area contributed by atoms with Gasteiger partial charge in [-0.1, -0.05) is 11.6 Å². The van der Waals surface area contributed by atoms with Crippen LogP contribution in [0.25, 0.3) is 10.9 Å². The van der Waals surface area contributed by atoms with Crippen molar-refractivity contribution in [2.45, 2.75) is 45.6 Å². The van der Waals surface area contributed by atoms with E-state index in [0.717, 1.165) is 16.5 Å². The van der Waals surface area contributed by atoms with Crippen LogP contribution in [0.1, 0.15) is 39.2 Å². The summed E-state index contributed by atoms with van der Waals surface area (Å²) in [4.78, 5) is 11.8. The smallest absolute Gasteiger partial charge is 0.306 e. The molecule has 0 amide bonds. The Morgan fingerprint density at radius 2 is 2.14 bits per heavy atom. The Morgan fingerprint density at radius 3 is 2.77 bits per heavy atom. The van der Waals surface area contributed by atoms with Gasteiger partial charge in [0.15, 0.2) is 0 Å². The number of ether oxygens (including phenoxy) is 1. The molecular weight excluding hydrogens is 302 g/mol. The number of anilines is 1. The summed E-state index contributed by atoms with van der Waals surface area (Å²) in [7, 11) is 1.86. The number of aryl methyl sites for hydroxylation is 2. The standard InChI is InChI=1S/C16H22ClN3O2/c1-16(2,3)22-14(21)7-5-6-10-11-9-20(4)19-13(11)8-12(17)15(10)18/h8-9H,5-7,18H2,1-4H3. The predicted octanol–water partition coefficient (Wildman–Crippen LogP) is 3.47. The van der Waals surface area contributed by atoms with Gasteiger partial charge in [-0.25, -0.2) is 0 Å². The lowest BCUT2D eigenvalue weighted by molar-refractivity contribution is -0.154. The molecule has 0 saturated heterocycles. The van der Waals surface area contributed by atoms with Crippen LogP contribution >= 0.6 is 11.6 Å². The summed E-state index contributed by atoms with van der Waals surface area (Å²) in [5, 5.41) is 5.83. The minimum Gasteiger partial charge on any atom is -0.460 e. The Bertz CT molecular complexity index is 701. The van der Waals surface area contributed by atoms with Crippen molar-refractivity contribution in [2.75, 3.05) is 5.73 Å². The molecule has 0 fully saturated rings. The maximum absolute atomic E-state index is 11.8. The monoisotopic (exact) mass is 323 g/mol. The van der Waals surface area contributed by atoms with E-state index in [2.05, 4.69) is 5.10 Å². The van der Waals surface area contributed by atoms with Crippen molar-refractivity contribution in [3.05, 3.63) is 22.8 Å². The van der Waals surface area contributed by atoms with Crippen LogP contribution < -0.4 is 5.73 Å². The maximum atomic E-state index is 11.8. The molecule has 5 nitrogen and oxygen atoms in total. The van der Waals surface area contributed by atoms with Gasteiger partial charge in [-0.2, -0.15) is 5.10 Å². The van der Waals surface area contributed by atoms with E-state index < -0.39 is 5.60 Å². The first-order chi connectivity index (χ1) is 10.2. The van der Waals surface area contributed by atoms with Gasteiger partial charge in [0, 0.05) is 25.1 Å². The molecule has 2 rings (SSSR count). The summed E-state index contributed by atoms with van der Waals surface area (Å²) in [5.41, 5.74) is 7.95. The molecule has 0 spiro atoms. The van der Waals surface area contributed by atoms with Gasteiger partial charge in [-0.3, -0.25) is 9.48 Å². The maximum Gasteiger partial charge on any atom is 0.306 e. The number of halogens is 1. The van der Waals surface area contributed by atoms with E-state index in [-0.39, 0.29) is 5.97 Å². The molecule has 0 unspecified atom stereocenters. The summed E-state index contributed by atoms with van der Waals surface area (Å²) >= 11 is 6.16. The van der Waals surface area contributed by atoms with Crippen molar-refractivity contribution in [1.82, 2.24) is 9.78 Å². The molecule has 1 aromatic heterocycles. The zero-order chi connectivity index (χ0) is 16.5. The number of aromatic nitrogens is 2. The first kappa shape index (κ1) is 16.6. The lowest BCUT2D eigenvalue weighted by Gasteiger charge is -2.19. The molecule has 1 heterocycles. The topological polar surface area (TPSA) is 70.1 Å². The van der Waals surface area contributed by atoms with Gasteiger partial charge < -0.3 is 10.5 Å². The average molecular weight is 324 g/mol. The predicted molar refractivity (Wildman–Crippen MR) is 88.9 cm³/mol. The molecule has 0 radical (unpaired) electrons. The third kappa shape index (κ3) is 3.91. The second kappa shape index (κ2) is 6.16. The highest BCUT2D eigenvalue weighted by Crippen LogP contribution is 2.32. The summed E-state index contributed by atoms with van der Waals surface area (Å²) in [6.45, 7) is 5.58. The molecular formula is C16H22ClN3O2. The molecule has 0 aliphatic heterocycles. The number of carbonyl (C=O) groups is 1. The fourth-order valence-electron chi connectivity index (χ4n) is 2.40. The molecule has 0 bridgehead atoms. The Balaban J connectivity index is 2.11. The Morgan fingerprint density at radius 1 is 1.45 bits per heavy atom. The number of carbonyl (C=O) groups excluding carboxylic acids is 1. The van der Waals surface area contributed by atoms with Gasteiger partial charge >= 0.3 is 5.97 Å².